The largest absolute Gasteiger partial charge is 0.507 e. The average molecular weight is 283 g/mol. The number of primary amides is 1. The number of aromatic hydroxyl groups is 1. The van der Waals surface area contributed by atoms with Crippen molar-refractivity contribution in [3.63, 3.8) is 0 Å². The van der Waals surface area contributed by atoms with E-state index in [9.17, 15) is 24.9 Å². The Morgan fingerprint density at radius 3 is 2.55 bits per heavy atom. The van der Waals surface area contributed by atoms with Gasteiger partial charge < -0.3 is 25.8 Å². The third-order valence-corrected chi connectivity index (χ3v) is 2.67. The van der Waals surface area contributed by atoms with E-state index in [2.05, 4.69) is 4.74 Å². The van der Waals surface area contributed by atoms with Crippen molar-refractivity contribution in [3.05, 3.63) is 29.3 Å². The smallest absolute Gasteiger partial charge is 0.308 e. The summed E-state index contributed by atoms with van der Waals surface area (Å²) in [6.45, 7) is 1.80. The van der Waals surface area contributed by atoms with Gasteiger partial charge in [-0.3, -0.25) is 9.59 Å². The molecule has 0 radical (unpaired) electrons. The van der Waals surface area contributed by atoms with E-state index in [1.807, 2.05) is 0 Å². The van der Waals surface area contributed by atoms with E-state index in [4.69, 9.17) is 5.73 Å². The maximum absolute atomic E-state index is 11.2. The summed E-state index contributed by atoms with van der Waals surface area (Å²) in [5, 5.41) is 29.1. The van der Waals surface area contributed by atoms with Crippen molar-refractivity contribution in [3.8, 4) is 5.75 Å². The average Bonchev–Trinajstić information content (AvgIpc) is 2.38. The Hall–Kier alpha value is -2.12. The molecule has 1 amide bonds. The first-order valence-corrected chi connectivity index (χ1v) is 6.01. The third kappa shape index (κ3) is 3.94. The Balaban J connectivity index is 2.86. The van der Waals surface area contributed by atoms with Gasteiger partial charge in [-0.15, -0.1) is 0 Å². The molecule has 1 aromatic carbocycles. The highest BCUT2D eigenvalue weighted by Gasteiger charge is 2.23. The predicted molar refractivity (Wildman–Crippen MR) is 68.8 cm³/mol. The Morgan fingerprint density at radius 1 is 1.35 bits per heavy atom. The van der Waals surface area contributed by atoms with E-state index in [1.165, 1.54) is 12.1 Å². The van der Waals surface area contributed by atoms with Crippen LogP contribution in [0.2, 0.25) is 0 Å². The molecule has 20 heavy (non-hydrogen) atoms. The third-order valence-electron chi connectivity index (χ3n) is 2.67. The quantitative estimate of drug-likeness (QED) is 0.537. The maximum Gasteiger partial charge on any atom is 0.308 e. The van der Waals surface area contributed by atoms with Crippen LogP contribution in [0.3, 0.4) is 0 Å². The van der Waals surface area contributed by atoms with Gasteiger partial charge in [-0.1, -0.05) is 6.07 Å². The lowest BCUT2D eigenvalue weighted by Crippen LogP contribution is -2.23. The van der Waals surface area contributed by atoms with Crippen molar-refractivity contribution in [2.45, 2.75) is 25.6 Å². The molecule has 0 spiro atoms. The monoisotopic (exact) mass is 283 g/mol. The number of aliphatic hydroxyl groups is 2. The summed E-state index contributed by atoms with van der Waals surface area (Å²) in [6, 6.07) is 3.66. The van der Waals surface area contributed by atoms with Gasteiger partial charge in [0.1, 0.15) is 11.9 Å². The molecule has 0 bridgehead atoms. The molecule has 0 heterocycles. The maximum atomic E-state index is 11.2. The van der Waals surface area contributed by atoms with Crippen LogP contribution >= 0.6 is 0 Å². The Labute approximate surface area is 115 Å². The molecule has 110 valence electrons. The summed E-state index contributed by atoms with van der Waals surface area (Å²) in [4.78, 5) is 22.3. The number of rotatable bonds is 6. The highest BCUT2D eigenvalue weighted by molar-refractivity contribution is 5.95. The van der Waals surface area contributed by atoms with Crippen LogP contribution in [-0.4, -0.2) is 39.9 Å². The SMILES string of the molecule is CCOC(=O)CC(O)C(O)c1ccc(O)c(C(N)=O)c1. The zero-order chi connectivity index (χ0) is 15.3. The van der Waals surface area contributed by atoms with Crippen molar-refractivity contribution in [1.29, 1.82) is 0 Å². The fourth-order valence-corrected chi connectivity index (χ4v) is 1.66. The molecule has 5 N–H and O–H groups in total. The molecule has 2 atom stereocenters. The van der Waals surface area contributed by atoms with Crippen LogP contribution in [-0.2, 0) is 9.53 Å². The van der Waals surface area contributed by atoms with Crippen LogP contribution in [0.5, 0.6) is 5.75 Å². The van der Waals surface area contributed by atoms with Gasteiger partial charge in [0.2, 0.25) is 0 Å². The number of aliphatic hydroxyl groups excluding tert-OH is 2. The summed E-state index contributed by atoms with van der Waals surface area (Å²) in [5.74, 6) is -1.84. The first-order valence-electron chi connectivity index (χ1n) is 6.01. The molecule has 1 aromatic rings. The first kappa shape index (κ1) is 15.9. The predicted octanol–water partition coefficient (Wildman–Crippen LogP) is -0.161. The number of carbonyl (C=O) groups is 2. The second kappa shape index (κ2) is 6.88. The standard InChI is InChI=1S/C13H17NO6/c1-2-20-11(17)6-10(16)12(18)7-3-4-9(15)8(5-7)13(14)19/h3-5,10,12,15-16,18H,2,6H2,1H3,(H2,14,19). The zero-order valence-corrected chi connectivity index (χ0v) is 10.9. The normalized spacial score (nSPS) is 13.6. The fraction of sp³-hybridized carbons (Fsp3) is 0.385. The number of amides is 1. The van der Waals surface area contributed by atoms with E-state index in [-0.39, 0.29) is 29.9 Å². The van der Waals surface area contributed by atoms with Crippen molar-refractivity contribution < 1.29 is 29.6 Å². The van der Waals surface area contributed by atoms with Crippen molar-refractivity contribution >= 4 is 11.9 Å². The van der Waals surface area contributed by atoms with Crippen molar-refractivity contribution in [1.82, 2.24) is 0 Å². The molecule has 1 rings (SSSR count). The van der Waals surface area contributed by atoms with E-state index in [0.717, 1.165) is 6.07 Å². The van der Waals surface area contributed by atoms with Crippen LogP contribution in [0.4, 0.5) is 0 Å². The molecule has 7 nitrogen and oxygen atoms in total. The van der Waals surface area contributed by atoms with Crippen LogP contribution < -0.4 is 5.73 Å². The van der Waals surface area contributed by atoms with Crippen LogP contribution in [0.15, 0.2) is 18.2 Å². The Morgan fingerprint density at radius 2 is 2.00 bits per heavy atom. The van der Waals surface area contributed by atoms with Crippen molar-refractivity contribution in [2.75, 3.05) is 6.61 Å². The molecule has 0 saturated carbocycles. The number of phenols is 1. The number of esters is 1. The zero-order valence-electron chi connectivity index (χ0n) is 10.9. The van der Waals surface area contributed by atoms with E-state index >= 15 is 0 Å². The summed E-state index contributed by atoms with van der Waals surface area (Å²) >= 11 is 0. The van der Waals surface area contributed by atoms with Crippen LogP contribution in [0.25, 0.3) is 0 Å². The molecule has 0 aliphatic heterocycles. The number of hydrogen-bond donors (Lipinski definition) is 4. The van der Waals surface area contributed by atoms with Gasteiger partial charge >= 0.3 is 5.97 Å². The molecule has 0 aromatic heterocycles. The van der Waals surface area contributed by atoms with E-state index in [0.29, 0.717) is 0 Å². The number of hydrogen-bond acceptors (Lipinski definition) is 6. The molecule has 0 fully saturated rings. The molecule has 0 aliphatic rings. The van der Waals surface area contributed by atoms with Gasteiger partial charge in [0.05, 0.1) is 24.7 Å². The minimum Gasteiger partial charge on any atom is -0.507 e. The van der Waals surface area contributed by atoms with Gasteiger partial charge in [0, 0.05) is 0 Å². The highest BCUT2D eigenvalue weighted by Crippen LogP contribution is 2.25. The number of nitrogens with two attached hydrogens (primary N) is 1. The van der Waals surface area contributed by atoms with Crippen molar-refractivity contribution in [2.24, 2.45) is 5.73 Å². The van der Waals surface area contributed by atoms with Gasteiger partial charge in [-0.05, 0) is 24.6 Å². The lowest BCUT2D eigenvalue weighted by Gasteiger charge is -2.18. The number of carbonyl (C=O) groups excluding carboxylic acids is 2. The highest BCUT2D eigenvalue weighted by atomic mass is 16.5. The lowest BCUT2D eigenvalue weighted by atomic mass is 9.99. The Kier molecular flexibility index (Phi) is 5.48. The Bertz CT molecular complexity index is 502. The topological polar surface area (TPSA) is 130 Å². The minimum atomic E-state index is -1.40. The van der Waals surface area contributed by atoms with E-state index in [1.54, 1.807) is 6.92 Å². The fourth-order valence-electron chi connectivity index (χ4n) is 1.66. The lowest BCUT2D eigenvalue weighted by molar-refractivity contribution is -0.147. The van der Waals surface area contributed by atoms with Crippen LogP contribution in [0, 0.1) is 0 Å². The summed E-state index contributed by atoms with van der Waals surface area (Å²) in [6.07, 6.45) is -3.18. The van der Waals surface area contributed by atoms with Gasteiger partial charge in [-0.2, -0.15) is 0 Å². The minimum absolute atomic E-state index is 0.161. The molecule has 2 unspecified atom stereocenters. The summed E-state index contributed by atoms with van der Waals surface area (Å²) in [7, 11) is 0. The molecule has 0 aliphatic carbocycles. The summed E-state index contributed by atoms with van der Waals surface area (Å²) in [5.41, 5.74) is 5.05. The second-order valence-electron chi connectivity index (χ2n) is 4.16. The number of benzene rings is 1. The van der Waals surface area contributed by atoms with Gasteiger partial charge in [0.15, 0.2) is 0 Å². The second-order valence-corrected chi connectivity index (χ2v) is 4.16. The summed E-state index contributed by atoms with van der Waals surface area (Å²) < 4.78 is 4.66. The van der Waals surface area contributed by atoms with E-state index < -0.39 is 24.1 Å². The molecular weight excluding hydrogens is 266 g/mol. The number of ether oxygens (including phenoxy) is 1. The van der Waals surface area contributed by atoms with Gasteiger partial charge in [0.25, 0.3) is 5.91 Å². The molecule has 7 heteroatoms. The first-order chi connectivity index (χ1) is 9.36. The molecule has 0 saturated heterocycles. The van der Waals surface area contributed by atoms with Gasteiger partial charge in [-0.25, -0.2) is 0 Å². The molecular formula is C13H17NO6. The van der Waals surface area contributed by atoms with Crippen LogP contribution in [0.1, 0.15) is 35.4 Å².